The molecule has 0 aliphatic heterocycles. The monoisotopic (exact) mass is 320 g/mol. The Kier molecular flexibility index (Phi) is 6.49. The lowest BCUT2D eigenvalue weighted by Crippen LogP contribution is -2.52. The number of aliphatic hydroxyl groups excluding tert-OH is 1. The molecule has 1 heterocycles. The molecule has 0 bridgehead atoms. The Morgan fingerprint density at radius 3 is 2.65 bits per heavy atom. The summed E-state index contributed by atoms with van der Waals surface area (Å²) in [4.78, 5) is 27.5. The van der Waals surface area contributed by atoms with Crippen LogP contribution in [0.4, 0.5) is 0 Å². The summed E-state index contributed by atoms with van der Waals surface area (Å²) in [6.45, 7) is 0. The molecule has 1 aliphatic carbocycles. The number of hydrazine groups is 1. The first-order valence-corrected chi connectivity index (χ1v) is 8.03. The zero-order valence-corrected chi connectivity index (χ0v) is 13.1. The van der Waals surface area contributed by atoms with E-state index < -0.39 is 24.0 Å². The molecule has 7 heteroatoms. The number of rotatable bonds is 5. The predicted molar refractivity (Wildman–Crippen MR) is 85.0 cm³/mol. The van der Waals surface area contributed by atoms with Gasteiger partial charge in [0.15, 0.2) is 0 Å². The molecular formula is C16H24N4O3. The topological polar surface area (TPSA) is 117 Å². The van der Waals surface area contributed by atoms with Crippen LogP contribution in [0.25, 0.3) is 0 Å². The lowest BCUT2D eigenvalue weighted by molar-refractivity contribution is -0.131. The Morgan fingerprint density at radius 1 is 1.26 bits per heavy atom. The third-order valence-electron chi connectivity index (χ3n) is 4.20. The van der Waals surface area contributed by atoms with E-state index in [-0.39, 0.29) is 5.69 Å². The summed E-state index contributed by atoms with van der Waals surface area (Å²) >= 11 is 0. The van der Waals surface area contributed by atoms with Gasteiger partial charge in [-0.3, -0.25) is 25.4 Å². The van der Waals surface area contributed by atoms with Crippen LogP contribution >= 0.6 is 0 Å². The maximum Gasteiger partial charge on any atom is 0.288 e. The van der Waals surface area contributed by atoms with Crippen molar-refractivity contribution in [2.45, 2.75) is 50.7 Å². The molecule has 0 radical (unpaired) electrons. The maximum absolute atomic E-state index is 11.9. The smallest absolute Gasteiger partial charge is 0.288 e. The molecule has 7 nitrogen and oxygen atoms in total. The molecule has 2 amide bonds. The van der Waals surface area contributed by atoms with Crippen molar-refractivity contribution in [3.8, 4) is 0 Å². The number of amides is 2. The second kappa shape index (κ2) is 8.59. The van der Waals surface area contributed by atoms with E-state index in [1.54, 1.807) is 12.1 Å². The number of aromatic nitrogens is 1. The van der Waals surface area contributed by atoms with Crippen molar-refractivity contribution in [1.82, 2.24) is 15.8 Å². The van der Waals surface area contributed by atoms with Crippen molar-refractivity contribution in [2.75, 3.05) is 0 Å². The highest BCUT2D eigenvalue weighted by Crippen LogP contribution is 2.27. The largest absolute Gasteiger partial charge is 0.382 e. The minimum Gasteiger partial charge on any atom is -0.382 e. The van der Waals surface area contributed by atoms with Crippen molar-refractivity contribution in [1.29, 1.82) is 0 Å². The molecule has 1 unspecified atom stereocenters. The number of pyridine rings is 1. The highest BCUT2D eigenvalue weighted by molar-refractivity contribution is 5.94. The van der Waals surface area contributed by atoms with Crippen molar-refractivity contribution >= 4 is 11.8 Å². The summed E-state index contributed by atoms with van der Waals surface area (Å²) in [7, 11) is 0. The maximum atomic E-state index is 11.9. The second-order valence-corrected chi connectivity index (χ2v) is 6.01. The van der Waals surface area contributed by atoms with E-state index in [1.165, 1.54) is 31.5 Å². The molecule has 0 spiro atoms. The summed E-state index contributed by atoms with van der Waals surface area (Å²) < 4.78 is 0. The number of carbonyl (C=O) groups is 2. The fourth-order valence-corrected chi connectivity index (χ4v) is 2.88. The van der Waals surface area contributed by atoms with Crippen LogP contribution in [-0.2, 0) is 4.79 Å². The number of nitrogens with zero attached hydrogens (tertiary/aromatic N) is 1. The molecule has 126 valence electrons. The normalized spacial score (nSPS) is 18.0. The summed E-state index contributed by atoms with van der Waals surface area (Å²) in [6.07, 6.45) is 6.54. The van der Waals surface area contributed by atoms with Gasteiger partial charge in [0.25, 0.3) is 11.8 Å². The molecule has 0 aromatic carbocycles. The zero-order valence-electron chi connectivity index (χ0n) is 13.1. The van der Waals surface area contributed by atoms with Crippen molar-refractivity contribution in [3.63, 3.8) is 0 Å². The molecule has 1 aliphatic rings. The molecule has 5 N–H and O–H groups in total. The van der Waals surface area contributed by atoms with E-state index >= 15 is 0 Å². The number of aliphatic hydroxyl groups is 1. The molecule has 2 atom stereocenters. The Hall–Kier alpha value is -1.99. The minimum atomic E-state index is -1.35. The fraction of sp³-hybridized carbons (Fsp3) is 0.562. The zero-order chi connectivity index (χ0) is 16.7. The number of hydrogen-bond donors (Lipinski definition) is 4. The van der Waals surface area contributed by atoms with Crippen molar-refractivity contribution in [3.05, 3.63) is 30.1 Å². The van der Waals surface area contributed by atoms with Crippen LogP contribution in [-0.4, -0.2) is 34.1 Å². The first-order valence-electron chi connectivity index (χ1n) is 8.03. The lowest BCUT2D eigenvalue weighted by Gasteiger charge is -2.26. The van der Waals surface area contributed by atoms with E-state index in [0.717, 1.165) is 12.8 Å². The summed E-state index contributed by atoms with van der Waals surface area (Å²) in [5, 5.41) is 10.00. The Labute approximate surface area is 135 Å². The number of nitrogens with one attached hydrogen (secondary N) is 2. The van der Waals surface area contributed by atoms with E-state index in [0.29, 0.717) is 12.3 Å². The third-order valence-corrected chi connectivity index (χ3v) is 4.20. The number of carbonyl (C=O) groups excluding carboxylic acids is 2. The molecule has 2 rings (SSSR count). The van der Waals surface area contributed by atoms with Crippen molar-refractivity contribution in [2.24, 2.45) is 11.7 Å². The van der Waals surface area contributed by atoms with Gasteiger partial charge in [-0.1, -0.05) is 38.2 Å². The van der Waals surface area contributed by atoms with Gasteiger partial charge in [-0.25, -0.2) is 0 Å². The highest BCUT2D eigenvalue weighted by Gasteiger charge is 2.26. The van der Waals surface area contributed by atoms with E-state index in [4.69, 9.17) is 5.73 Å². The average molecular weight is 320 g/mol. The first-order chi connectivity index (χ1) is 11.1. The van der Waals surface area contributed by atoms with Gasteiger partial charge in [0.1, 0.15) is 11.8 Å². The third kappa shape index (κ3) is 5.30. The van der Waals surface area contributed by atoms with Crippen molar-refractivity contribution < 1.29 is 14.7 Å². The second-order valence-electron chi connectivity index (χ2n) is 6.01. The Balaban J connectivity index is 1.76. The van der Waals surface area contributed by atoms with Crippen LogP contribution in [0, 0.1) is 5.92 Å². The van der Waals surface area contributed by atoms with Gasteiger partial charge < -0.3 is 10.8 Å². The summed E-state index contributed by atoms with van der Waals surface area (Å²) in [6, 6.07) is 4.24. The van der Waals surface area contributed by atoms with Crippen LogP contribution in [0.1, 0.15) is 49.0 Å². The van der Waals surface area contributed by atoms with Gasteiger partial charge in [-0.05, 0) is 24.5 Å². The van der Waals surface area contributed by atoms with Gasteiger partial charge >= 0.3 is 0 Å². The SMILES string of the molecule is N[C@H](CC1CCCCC1)C(O)C(=O)NNC(=O)c1ccccn1. The lowest BCUT2D eigenvalue weighted by atomic mass is 9.84. The summed E-state index contributed by atoms with van der Waals surface area (Å²) in [5.74, 6) is -0.797. The fourth-order valence-electron chi connectivity index (χ4n) is 2.88. The van der Waals surface area contributed by atoms with Crippen LogP contribution in [0.15, 0.2) is 24.4 Å². The van der Waals surface area contributed by atoms with Gasteiger partial charge in [0.2, 0.25) is 0 Å². The Bertz CT molecular complexity index is 517. The van der Waals surface area contributed by atoms with Gasteiger partial charge in [-0.15, -0.1) is 0 Å². The molecule has 0 saturated heterocycles. The van der Waals surface area contributed by atoms with Crippen LogP contribution in [0.2, 0.25) is 0 Å². The molecule has 1 aromatic heterocycles. The number of hydrogen-bond acceptors (Lipinski definition) is 5. The minimum absolute atomic E-state index is 0.175. The Morgan fingerprint density at radius 2 is 2.00 bits per heavy atom. The average Bonchev–Trinajstić information content (AvgIpc) is 2.60. The molecule has 23 heavy (non-hydrogen) atoms. The van der Waals surface area contributed by atoms with Crippen LogP contribution in [0.3, 0.4) is 0 Å². The predicted octanol–water partition coefficient (Wildman–Crippen LogP) is 0.501. The molecule has 1 fully saturated rings. The highest BCUT2D eigenvalue weighted by atomic mass is 16.3. The van der Waals surface area contributed by atoms with Crippen LogP contribution in [0.5, 0.6) is 0 Å². The van der Waals surface area contributed by atoms with Gasteiger partial charge in [0.05, 0.1) is 0 Å². The van der Waals surface area contributed by atoms with E-state index in [2.05, 4.69) is 15.8 Å². The number of nitrogens with two attached hydrogens (primary N) is 1. The van der Waals surface area contributed by atoms with Gasteiger partial charge in [-0.2, -0.15) is 0 Å². The summed E-state index contributed by atoms with van der Waals surface area (Å²) in [5.41, 5.74) is 10.5. The van der Waals surface area contributed by atoms with E-state index in [1.807, 2.05) is 0 Å². The van der Waals surface area contributed by atoms with E-state index in [9.17, 15) is 14.7 Å². The first kappa shape index (κ1) is 17.4. The standard InChI is InChI=1S/C16H24N4O3/c17-12(10-11-6-2-1-3-7-11)14(21)16(23)20-19-15(22)13-8-4-5-9-18-13/h4-5,8-9,11-12,14,21H,1-3,6-7,10,17H2,(H,19,22)(H,20,23)/t12-,14?/m1/s1. The quantitative estimate of drug-likeness (QED) is 0.589. The molecule has 1 saturated carbocycles. The van der Waals surface area contributed by atoms with Gasteiger partial charge in [0, 0.05) is 12.2 Å². The molecule has 1 aromatic rings. The van der Waals surface area contributed by atoms with Crippen LogP contribution < -0.4 is 16.6 Å². The molecular weight excluding hydrogens is 296 g/mol.